The molecule has 3 heterocycles. The fraction of sp³-hybridized carbons (Fsp3) is 0.320. The third-order valence-electron chi connectivity index (χ3n) is 6.25. The molecule has 1 aromatic carbocycles. The van der Waals surface area contributed by atoms with E-state index in [0.717, 1.165) is 12.3 Å². The van der Waals surface area contributed by atoms with E-state index in [2.05, 4.69) is 20.4 Å². The fourth-order valence-electron chi connectivity index (χ4n) is 4.22. The molecule has 0 spiro atoms. The molecule has 4 N–H and O–H groups in total. The van der Waals surface area contributed by atoms with Crippen molar-refractivity contribution in [2.24, 2.45) is 0 Å². The molecule has 14 heteroatoms. The van der Waals surface area contributed by atoms with E-state index in [4.69, 9.17) is 10.5 Å². The highest BCUT2D eigenvalue weighted by Crippen LogP contribution is 2.32. The van der Waals surface area contributed by atoms with Gasteiger partial charge in [-0.3, -0.25) is 9.59 Å². The van der Waals surface area contributed by atoms with Gasteiger partial charge in [0.25, 0.3) is 11.1 Å². The number of methoxy groups -OCH3 is 1. The van der Waals surface area contributed by atoms with E-state index in [0.29, 0.717) is 24.6 Å². The maximum absolute atomic E-state index is 15.0. The summed E-state index contributed by atoms with van der Waals surface area (Å²) in [5.74, 6) is -0.371. The zero-order valence-electron chi connectivity index (χ0n) is 21.0. The zero-order valence-corrected chi connectivity index (χ0v) is 21.0. The number of H-pyrrole nitrogens is 1. The first kappa shape index (κ1) is 27.5. The van der Waals surface area contributed by atoms with Gasteiger partial charge in [0, 0.05) is 18.8 Å². The lowest BCUT2D eigenvalue weighted by atomic mass is 10.1. The van der Waals surface area contributed by atoms with Crippen LogP contribution in [-0.4, -0.2) is 37.9 Å². The summed E-state index contributed by atoms with van der Waals surface area (Å²) in [7, 11) is 1.40. The number of nitrogens with zero attached hydrogens (tertiary/aromatic N) is 4. The molecule has 206 valence electrons. The number of fused-ring (bicyclic) bond motifs is 1. The van der Waals surface area contributed by atoms with Crippen LogP contribution in [0.15, 0.2) is 46.4 Å². The molecular weight excluding hydrogens is 522 g/mol. The van der Waals surface area contributed by atoms with Crippen LogP contribution in [0.1, 0.15) is 31.7 Å². The van der Waals surface area contributed by atoms with E-state index in [1.807, 2.05) is 0 Å². The van der Waals surface area contributed by atoms with E-state index in [9.17, 15) is 27.2 Å². The van der Waals surface area contributed by atoms with Crippen LogP contribution in [0.25, 0.3) is 22.2 Å². The Labute approximate surface area is 218 Å². The average Bonchev–Trinajstić information content (AvgIpc) is 2.88. The minimum Gasteiger partial charge on any atom is -0.491 e. The number of hydrogen-bond donors (Lipinski definition) is 3. The molecule has 1 unspecified atom stereocenters. The van der Waals surface area contributed by atoms with Gasteiger partial charge in [-0.25, -0.2) is 19.5 Å². The van der Waals surface area contributed by atoms with Crippen molar-refractivity contribution >= 4 is 22.3 Å². The van der Waals surface area contributed by atoms with E-state index in [1.165, 1.54) is 23.9 Å². The molecule has 39 heavy (non-hydrogen) atoms. The normalized spacial score (nSPS) is 12.5. The summed E-state index contributed by atoms with van der Waals surface area (Å²) in [6.45, 7) is 2.03. The van der Waals surface area contributed by atoms with E-state index in [-0.39, 0.29) is 34.9 Å². The van der Waals surface area contributed by atoms with Crippen molar-refractivity contribution in [2.45, 2.75) is 44.9 Å². The van der Waals surface area contributed by atoms with Crippen LogP contribution in [0, 0.1) is 5.82 Å². The van der Waals surface area contributed by atoms with Crippen molar-refractivity contribution < 1.29 is 22.3 Å². The molecule has 10 nitrogen and oxygen atoms in total. The number of nitrogens with one attached hydrogen (secondary N) is 2. The van der Waals surface area contributed by atoms with Gasteiger partial charge in [-0.15, -0.1) is 0 Å². The van der Waals surface area contributed by atoms with Gasteiger partial charge >= 0.3 is 6.18 Å². The molecule has 3 aromatic heterocycles. The number of alkyl halides is 3. The van der Waals surface area contributed by atoms with Crippen molar-refractivity contribution in [2.75, 3.05) is 18.2 Å². The largest absolute Gasteiger partial charge is 0.491 e. The monoisotopic (exact) mass is 547 g/mol. The Morgan fingerprint density at radius 3 is 2.67 bits per heavy atom. The Kier molecular flexibility index (Phi) is 7.83. The summed E-state index contributed by atoms with van der Waals surface area (Å²) >= 11 is 0. The van der Waals surface area contributed by atoms with Crippen LogP contribution in [0.3, 0.4) is 0 Å². The molecule has 0 saturated carbocycles. The van der Waals surface area contributed by atoms with Crippen LogP contribution in [0.4, 0.5) is 29.1 Å². The predicted molar refractivity (Wildman–Crippen MR) is 137 cm³/mol. The summed E-state index contributed by atoms with van der Waals surface area (Å²) in [6, 6.07) is 3.81. The predicted octanol–water partition coefficient (Wildman–Crippen LogP) is 3.96. The number of nitrogen functional groups attached to an aromatic ring is 1. The Hall–Kier alpha value is -4.49. The van der Waals surface area contributed by atoms with Crippen molar-refractivity contribution in [3.8, 4) is 17.1 Å². The SMILES string of the molecule is CCC(CCCn1ccc2cc(-c3ncc(OC)c(N)n3)c(F)cc2c1=O)Nc1cn[nH]c(=O)c1C(F)(F)F. The summed E-state index contributed by atoms with van der Waals surface area (Å²) in [4.78, 5) is 32.9. The Morgan fingerprint density at radius 2 is 2.00 bits per heavy atom. The highest BCUT2D eigenvalue weighted by molar-refractivity contribution is 5.86. The first-order valence-electron chi connectivity index (χ1n) is 11.9. The molecule has 0 radical (unpaired) electrons. The summed E-state index contributed by atoms with van der Waals surface area (Å²) in [5.41, 5.74) is 2.37. The number of halogens is 4. The number of aromatic nitrogens is 5. The second kappa shape index (κ2) is 11.1. The first-order chi connectivity index (χ1) is 18.5. The fourth-order valence-corrected chi connectivity index (χ4v) is 4.22. The van der Waals surface area contributed by atoms with Gasteiger partial charge in [-0.1, -0.05) is 6.92 Å². The Balaban J connectivity index is 1.50. The summed E-state index contributed by atoms with van der Waals surface area (Å²) in [6.07, 6.45) is 0.248. The van der Waals surface area contributed by atoms with Crippen molar-refractivity contribution in [3.05, 3.63) is 68.9 Å². The average molecular weight is 548 g/mol. The molecule has 1 atom stereocenters. The molecule has 0 fully saturated rings. The number of rotatable bonds is 9. The third-order valence-corrected chi connectivity index (χ3v) is 6.25. The van der Waals surface area contributed by atoms with Crippen molar-refractivity contribution in [1.29, 1.82) is 0 Å². The number of ether oxygens (including phenoxy) is 1. The highest BCUT2D eigenvalue weighted by atomic mass is 19.4. The maximum atomic E-state index is 15.0. The highest BCUT2D eigenvalue weighted by Gasteiger charge is 2.37. The summed E-state index contributed by atoms with van der Waals surface area (Å²) in [5, 5.41) is 8.63. The quantitative estimate of drug-likeness (QED) is 0.268. The number of aryl methyl sites for hydroxylation is 1. The van der Waals surface area contributed by atoms with E-state index in [1.54, 1.807) is 24.3 Å². The van der Waals surface area contributed by atoms with Gasteiger partial charge in [0.15, 0.2) is 17.4 Å². The van der Waals surface area contributed by atoms with Crippen LogP contribution < -0.4 is 26.9 Å². The lowest BCUT2D eigenvalue weighted by molar-refractivity contribution is -0.138. The second-order valence-electron chi connectivity index (χ2n) is 8.76. The van der Waals surface area contributed by atoms with E-state index >= 15 is 0 Å². The number of nitrogens with two attached hydrogens (primary N) is 1. The van der Waals surface area contributed by atoms with Crippen molar-refractivity contribution in [3.63, 3.8) is 0 Å². The number of aromatic amines is 1. The van der Waals surface area contributed by atoms with Gasteiger partial charge in [0.1, 0.15) is 11.4 Å². The van der Waals surface area contributed by atoms with Gasteiger partial charge in [0.2, 0.25) is 0 Å². The van der Waals surface area contributed by atoms with Crippen LogP contribution >= 0.6 is 0 Å². The lowest BCUT2D eigenvalue weighted by Gasteiger charge is -2.20. The van der Waals surface area contributed by atoms with Gasteiger partial charge < -0.3 is 20.4 Å². The molecule has 0 bridgehead atoms. The minimum absolute atomic E-state index is 0.0410. The zero-order chi connectivity index (χ0) is 28.3. The third kappa shape index (κ3) is 5.84. The van der Waals surface area contributed by atoms with Crippen molar-refractivity contribution in [1.82, 2.24) is 24.7 Å². The van der Waals surface area contributed by atoms with Gasteiger partial charge in [-0.05, 0) is 42.8 Å². The molecule has 4 aromatic rings. The number of hydrogen-bond acceptors (Lipinski definition) is 8. The molecule has 0 aliphatic heterocycles. The smallest absolute Gasteiger partial charge is 0.423 e. The van der Waals surface area contributed by atoms with Gasteiger partial charge in [0.05, 0.1) is 36.1 Å². The molecular formula is C25H25F4N7O3. The molecule has 0 aliphatic rings. The van der Waals surface area contributed by atoms with Crippen LogP contribution in [-0.2, 0) is 12.7 Å². The topological polar surface area (TPSA) is 141 Å². The van der Waals surface area contributed by atoms with Crippen LogP contribution in [0.5, 0.6) is 5.75 Å². The van der Waals surface area contributed by atoms with Gasteiger partial charge in [-0.2, -0.15) is 18.3 Å². The standard InChI is InChI=1S/C25H25F4N7O3/c1-3-14(33-18-11-32-35-23(37)20(18)25(27,28)29)5-4-7-36-8-6-13-9-16(17(26)10-15(13)24(36)38)22-31-12-19(39-2)21(30)34-22/h6,8-12,14H,3-5,7H2,1-2H3,(H2,30,31,34)(H2,33,35,37). The molecule has 0 aliphatic carbocycles. The summed E-state index contributed by atoms with van der Waals surface area (Å²) < 4.78 is 61.4. The number of pyridine rings is 1. The Morgan fingerprint density at radius 1 is 1.23 bits per heavy atom. The molecule has 0 amide bonds. The minimum atomic E-state index is -4.85. The van der Waals surface area contributed by atoms with E-state index < -0.39 is 40.4 Å². The molecule has 4 rings (SSSR count). The lowest BCUT2D eigenvalue weighted by Crippen LogP contribution is -2.28. The molecule has 0 saturated heterocycles. The first-order valence-corrected chi connectivity index (χ1v) is 11.9. The number of benzene rings is 1. The van der Waals surface area contributed by atoms with Crippen LogP contribution in [0.2, 0.25) is 0 Å². The Bertz CT molecular complexity index is 1620. The maximum Gasteiger partial charge on any atom is 0.423 e. The number of anilines is 2. The second-order valence-corrected chi connectivity index (χ2v) is 8.76.